The largest absolute Gasteiger partial charge is 0.496 e. The van der Waals surface area contributed by atoms with Gasteiger partial charge in [-0.05, 0) is 39.2 Å². The number of benzene rings is 3. The third-order valence-electron chi connectivity index (χ3n) is 6.32. The lowest BCUT2D eigenvalue weighted by Crippen LogP contribution is -2.43. The van der Waals surface area contributed by atoms with Crippen molar-refractivity contribution >= 4 is 33.0 Å². The van der Waals surface area contributed by atoms with Crippen molar-refractivity contribution in [3.05, 3.63) is 75.8 Å². The molecule has 0 atom stereocenters. The number of hydrogen-bond donors (Lipinski definition) is 0. The van der Waals surface area contributed by atoms with Gasteiger partial charge in [-0.1, -0.05) is 41.6 Å². The first kappa shape index (κ1) is 20.7. The number of halogens is 1. The Morgan fingerprint density at radius 2 is 1.50 bits per heavy atom. The molecule has 32 heavy (non-hydrogen) atoms. The van der Waals surface area contributed by atoms with E-state index >= 15 is 0 Å². The Labute approximate surface area is 195 Å². The molecule has 0 unspecified atom stereocenters. The smallest absolute Gasteiger partial charge is 0.149 e. The van der Waals surface area contributed by atoms with Gasteiger partial charge in [0.25, 0.3) is 0 Å². The molecule has 2 aliphatic heterocycles. The van der Waals surface area contributed by atoms with Gasteiger partial charge in [0, 0.05) is 24.5 Å². The molecular weight excluding hydrogens is 472 g/mol. The van der Waals surface area contributed by atoms with Crippen molar-refractivity contribution in [2.75, 3.05) is 39.9 Å². The van der Waals surface area contributed by atoms with Crippen LogP contribution in [-0.2, 0) is 10.3 Å². The lowest BCUT2D eigenvalue weighted by Gasteiger charge is -2.41. The molecule has 3 aromatic carbocycles. The van der Waals surface area contributed by atoms with Crippen LogP contribution in [0.25, 0.3) is 0 Å². The molecule has 0 N–H and O–H groups in total. The number of oxime groups is 1. The topological polar surface area (TPSA) is 52.5 Å². The van der Waals surface area contributed by atoms with Crippen LogP contribution in [0.5, 0.6) is 17.2 Å². The minimum Gasteiger partial charge on any atom is -0.496 e. The Bertz CT molecular complexity index is 1190. The van der Waals surface area contributed by atoms with Crippen molar-refractivity contribution in [3.63, 3.8) is 0 Å². The quantitative estimate of drug-likeness (QED) is 0.493. The fourth-order valence-corrected chi connectivity index (χ4v) is 5.49. The molecular formula is C25H23BrN2O4. The predicted molar refractivity (Wildman–Crippen MR) is 128 cm³/mol. The normalized spacial score (nSPS) is 15.5. The number of methoxy groups -OCH3 is 3. The molecule has 0 saturated heterocycles. The number of nitrogens with zero attached hydrogens (tertiary/aromatic N) is 2. The van der Waals surface area contributed by atoms with Gasteiger partial charge >= 0.3 is 0 Å². The van der Waals surface area contributed by atoms with Crippen LogP contribution < -0.4 is 19.1 Å². The van der Waals surface area contributed by atoms with Crippen molar-refractivity contribution in [2.45, 2.75) is 5.41 Å². The molecule has 0 aromatic heterocycles. The van der Waals surface area contributed by atoms with E-state index in [0.29, 0.717) is 28.3 Å². The summed E-state index contributed by atoms with van der Waals surface area (Å²) in [7, 11) is 6.95. The van der Waals surface area contributed by atoms with E-state index in [1.54, 1.807) is 21.3 Å². The summed E-state index contributed by atoms with van der Waals surface area (Å²) >= 11 is 3.64. The van der Waals surface area contributed by atoms with Gasteiger partial charge in [-0.3, -0.25) is 0 Å². The Balaban J connectivity index is 1.86. The zero-order chi connectivity index (χ0) is 22.5. The molecule has 3 aromatic rings. The Morgan fingerprint density at radius 3 is 2.06 bits per heavy atom. The summed E-state index contributed by atoms with van der Waals surface area (Å²) in [6.07, 6.45) is 0. The van der Waals surface area contributed by atoms with Crippen LogP contribution in [0.3, 0.4) is 0 Å². The van der Waals surface area contributed by atoms with Crippen LogP contribution in [0.2, 0.25) is 0 Å². The third-order valence-corrected chi connectivity index (χ3v) is 7.07. The minimum absolute atomic E-state index is 0.375. The van der Waals surface area contributed by atoms with Gasteiger partial charge in [0.1, 0.15) is 39.5 Å². The van der Waals surface area contributed by atoms with Crippen molar-refractivity contribution in [1.29, 1.82) is 0 Å². The molecule has 5 rings (SSSR count). The monoisotopic (exact) mass is 494 g/mol. The first-order chi connectivity index (χ1) is 15.6. The summed E-state index contributed by atoms with van der Waals surface area (Å²) in [5.41, 5.74) is 5.29. The van der Waals surface area contributed by atoms with E-state index in [-0.39, 0.29) is 0 Å². The summed E-state index contributed by atoms with van der Waals surface area (Å²) in [6.45, 7) is 0.375. The number of para-hydroxylation sites is 2. The van der Waals surface area contributed by atoms with Gasteiger partial charge in [-0.15, -0.1) is 0 Å². The van der Waals surface area contributed by atoms with E-state index in [4.69, 9.17) is 19.0 Å². The average Bonchev–Trinajstić information content (AvgIpc) is 3.27. The molecule has 1 spiro atoms. The van der Waals surface area contributed by atoms with Gasteiger partial charge in [0.15, 0.2) is 0 Å². The molecule has 0 radical (unpaired) electrons. The number of anilines is 2. The summed E-state index contributed by atoms with van der Waals surface area (Å²) in [4.78, 5) is 8.07. The van der Waals surface area contributed by atoms with Crippen LogP contribution in [0.1, 0.15) is 16.7 Å². The number of rotatable bonds is 4. The van der Waals surface area contributed by atoms with Gasteiger partial charge in [-0.25, -0.2) is 0 Å². The van der Waals surface area contributed by atoms with Gasteiger partial charge in [-0.2, -0.15) is 0 Å². The predicted octanol–water partition coefficient (Wildman–Crippen LogP) is 5.28. The van der Waals surface area contributed by atoms with Crippen molar-refractivity contribution in [2.24, 2.45) is 5.16 Å². The Hall–Kier alpha value is -3.19. The zero-order valence-corrected chi connectivity index (χ0v) is 19.9. The van der Waals surface area contributed by atoms with Crippen molar-refractivity contribution in [3.8, 4) is 17.2 Å². The Kier molecular flexibility index (Phi) is 5.01. The van der Waals surface area contributed by atoms with E-state index in [2.05, 4.69) is 81.6 Å². The zero-order valence-electron chi connectivity index (χ0n) is 18.3. The van der Waals surface area contributed by atoms with E-state index in [9.17, 15) is 0 Å². The third kappa shape index (κ3) is 2.67. The van der Waals surface area contributed by atoms with Crippen LogP contribution in [0.15, 0.2) is 64.2 Å². The van der Waals surface area contributed by atoms with Crippen LogP contribution >= 0.6 is 15.9 Å². The van der Waals surface area contributed by atoms with Crippen molar-refractivity contribution < 1.29 is 19.0 Å². The average molecular weight is 495 g/mol. The second-order valence-electron chi connectivity index (χ2n) is 7.72. The van der Waals surface area contributed by atoms with E-state index in [0.717, 1.165) is 33.8 Å². The second-order valence-corrected chi connectivity index (χ2v) is 8.51. The van der Waals surface area contributed by atoms with Gasteiger partial charge < -0.3 is 23.9 Å². The lowest BCUT2D eigenvalue weighted by atomic mass is 9.66. The highest BCUT2D eigenvalue weighted by atomic mass is 79.9. The summed E-state index contributed by atoms with van der Waals surface area (Å²) in [5, 5.41) is 4.60. The molecule has 0 bridgehead atoms. The molecule has 0 fully saturated rings. The lowest BCUT2D eigenvalue weighted by molar-refractivity contribution is 0.152. The highest BCUT2D eigenvalue weighted by molar-refractivity contribution is 9.10. The van der Waals surface area contributed by atoms with Crippen LogP contribution in [0.4, 0.5) is 11.4 Å². The summed E-state index contributed by atoms with van der Waals surface area (Å²) < 4.78 is 17.9. The molecule has 0 amide bonds. The fourth-order valence-electron chi connectivity index (χ4n) is 4.85. The maximum atomic E-state index is 5.86. The molecule has 0 saturated carbocycles. The first-order valence-corrected chi connectivity index (χ1v) is 11.0. The number of fused-ring (bicyclic) bond motifs is 4. The standard InChI is InChI=1S/C25H23BrN2O4/c1-28-17-11-7-5-9-15(17)25(16-10-6-8-12-18(16)28)14-32-27-24(25)21-19(29-2)13-20(30-3)22(26)23(21)31-4/h5-13H,14H2,1-4H3. The second kappa shape index (κ2) is 7.74. The number of hydrogen-bond acceptors (Lipinski definition) is 6. The molecule has 6 nitrogen and oxygen atoms in total. The molecule has 0 aliphatic carbocycles. The van der Waals surface area contributed by atoms with Crippen LogP contribution in [-0.4, -0.2) is 40.7 Å². The molecule has 2 heterocycles. The molecule has 7 heteroatoms. The Morgan fingerprint density at radius 1 is 0.906 bits per heavy atom. The van der Waals surface area contributed by atoms with E-state index < -0.39 is 5.41 Å². The minimum atomic E-state index is -0.631. The summed E-state index contributed by atoms with van der Waals surface area (Å²) in [5.74, 6) is 1.79. The summed E-state index contributed by atoms with van der Waals surface area (Å²) in [6, 6.07) is 18.6. The first-order valence-electron chi connectivity index (χ1n) is 10.2. The fraction of sp³-hybridized carbons (Fsp3) is 0.240. The molecule has 164 valence electrons. The van der Waals surface area contributed by atoms with Crippen LogP contribution in [0, 0.1) is 0 Å². The van der Waals surface area contributed by atoms with E-state index in [1.807, 2.05) is 6.07 Å². The van der Waals surface area contributed by atoms with Crippen molar-refractivity contribution in [1.82, 2.24) is 0 Å². The number of ether oxygens (including phenoxy) is 3. The maximum absolute atomic E-state index is 5.86. The highest BCUT2D eigenvalue weighted by Gasteiger charge is 2.52. The SMILES string of the molecule is COc1cc(OC)c(C2=NOCC23c2ccccc2N(C)c2ccccc23)c(OC)c1Br. The van der Waals surface area contributed by atoms with Gasteiger partial charge in [0.05, 0.1) is 26.9 Å². The highest BCUT2D eigenvalue weighted by Crippen LogP contribution is 2.55. The van der Waals surface area contributed by atoms with E-state index in [1.165, 1.54) is 0 Å². The molecule has 2 aliphatic rings. The maximum Gasteiger partial charge on any atom is 0.149 e. The van der Waals surface area contributed by atoms with Gasteiger partial charge in [0.2, 0.25) is 0 Å².